The van der Waals surface area contributed by atoms with Crippen molar-refractivity contribution in [2.24, 2.45) is 10.2 Å². The van der Waals surface area contributed by atoms with Crippen LogP contribution in [0.4, 0.5) is 0 Å². The van der Waals surface area contributed by atoms with Gasteiger partial charge in [0.2, 0.25) is 5.90 Å². The van der Waals surface area contributed by atoms with E-state index in [9.17, 15) is 10.2 Å². The number of rotatable bonds is 5. The number of benzene rings is 2. The van der Waals surface area contributed by atoms with Gasteiger partial charge in [-0.1, -0.05) is 40.7 Å². The topological polar surface area (TPSA) is 130 Å². The minimum absolute atomic E-state index is 0. The van der Waals surface area contributed by atoms with Crippen LogP contribution in [0.25, 0.3) is 0 Å². The second-order valence-corrected chi connectivity index (χ2v) is 5.30. The summed E-state index contributed by atoms with van der Waals surface area (Å²) >= 11 is 15.4. The number of nitrogens with zero attached hydrogens (tertiary/aromatic N) is 3. The molecule has 0 aromatic heterocycles. The minimum Gasteiger partial charge on any atom is -0.696 e. The smallest absolute Gasteiger partial charge is 0.696 e. The molecule has 2 aromatic carbocycles. The Morgan fingerprint density at radius 1 is 1.26 bits per heavy atom. The SMILES string of the molecule is N#C[S-].O.O/C(COc1ccc(Cl)cc1Cl)=N\N=C\c1ccccc1O.[Cu+]. The second-order valence-electron chi connectivity index (χ2n) is 4.27. The minimum atomic E-state index is -0.335. The van der Waals surface area contributed by atoms with Crippen molar-refractivity contribution in [2.45, 2.75) is 0 Å². The summed E-state index contributed by atoms with van der Waals surface area (Å²) in [6, 6.07) is 11.4. The van der Waals surface area contributed by atoms with Gasteiger partial charge in [-0.25, -0.2) is 5.26 Å². The van der Waals surface area contributed by atoms with Gasteiger partial charge in [0, 0.05) is 10.6 Å². The number of hydrogen-bond acceptors (Lipinski definition) is 6. The van der Waals surface area contributed by atoms with Crippen molar-refractivity contribution in [3.8, 4) is 16.9 Å². The number of phenolic OH excluding ortho intramolecular Hbond substituents is 1. The number of ether oxygens (including phenoxy) is 1. The van der Waals surface area contributed by atoms with Crippen LogP contribution < -0.4 is 4.74 Å². The number of halogens is 2. The Morgan fingerprint density at radius 3 is 2.48 bits per heavy atom. The van der Waals surface area contributed by atoms with E-state index in [1.165, 1.54) is 23.7 Å². The van der Waals surface area contributed by atoms with Crippen LogP contribution in [0.15, 0.2) is 52.7 Å². The Hall–Kier alpha value is -2.05. The maximum Gasteiger partial charge on any atom is 1.00 e. The molecule has 4 N–H and O–H groups in total. The van der Waals surface area contributed by atoms with Gasteiger partial charge in [0.05, 0.1) is 11.2 Å². The van der Waals surface area contributed by atoms with E-state index in [-0.39, 0.29) is 40.8 Å². The van der Waals surface area contributed by atoms with Crippen molar-refractivity contribution >= 4 is 47.9 Å². The summed E-state index contributed by atoms with van der Waals surface area (Å²) in [6.07, 6.45) is 1.32. The van der Waals surface area contributed by atoms with E-state index in [2.05, 4.69) is 22.8 Å². The largest absolute Gasteiger partial charge is 1.00 e. The molecule has 0 saturated heterocycles. The molecule has 27 heavy (non-hydrogen) atoms. The van der Waals surface area contributed by atoms with Gasteiger partial charge < -0.3 is 33.1 Å². The van der Waals surface area contributed by atoms with Crippen molar-refractivity contribution in [3.05, 3.63) is 58.1 Å². The zero-order valence-electron chi connectivity index (χ0n) is 13.4. The molecule has 0 amide bonds. The van der Waals surface area contributed by atoms with Gasteiger partial charge in [-0.05, 0) is 30.3 Å². The molecule has 11 heteroatoms. The van der Waals surface area contributed by atoms with Crippen molar-refractivity contribution in [1.29, 1.82) is 5.26 Å². The summed E-state index contributed by atoms with van der Waals surface area (Å²) in [7, 11) is 0. The fourth-order valence-corrected chi connectivity index (χ4v) is 1.98. The quantitative estimate of drug-likeness (QED) is 0.170. The molecule has 0 bridgehead atoms. The monoisotopic (exact) mass is 477 g/mol. The summed E-state index contributed by atoms with van der Waals surface area (Å²) in [5.41, 5.74) is 0.487. The molecule has 0 saturated carbocycles. The first-order valence-electron chi connectivity index (χ1n) is 6.64. The maximum atomic E-state index is 9.58. The van der Waals surface area contributed by atoms with E-state index in [1.54, 1.807) is 30.3 Å². The summed E-state index contributed by atoms with van der Waals surface area (Å²) < 4.78 is 5.29. The fourth-order valence-electron chi connectivity index (χ4n) is 1.52. The molecule has 0 aliphatic carbocycles. The van der Waals surface area contributed by atoms with Crippen LogP contribution in [0, 0.1) is 10.7 Å². The summed E-state index contributed by atoms with van der Waals surface area (Å²) in [5, 5.41) is 35.6. The third kappa shape index (κ3) is 10.6. The van der Waals surface area contributed by atoms with Crippen LogP contribution in [-0.2, 0) is 29.7 Å². The first-order chi connectivity index (χ1) is 12.0. The van der Waals surface area contributed by atoms with Crippen molar-refractivity contribution in [2.75, 3.05) is 6.61 Å². The van der Waals surface area contributed by atoms with Gasteiger partial charge in [0.1, 0.15) is 11.5 Å². The Bertz CT molecular complexity index is 816. The Labute approximate surface area is 182 Å². The van der Waals surface area contributed by atoms with E-state index >= 15 is 0 Å². The van der Waals surface area contributed by atoms with Gasteiger partial charge in [0.25, 0.3) is 0 Å². The van der Waals surface area contributed by atoms with Crippen LogP contribution in [0.5, 0.6) is 11.5 Å². The van der Waals surface area contributed by atoms with E-state index in [1.807, 2.05) is 0 Å². The molecule has 0 fully saturated rings. The first kappa shape index (κ1) is 27.2. The molecular weight excluding hydrogens is 465 g/mol. The van der Waals surface area contributed by atoms with Gasteiger partial charge in [-0.3, -0.25) is 0 Å². The summed E-state index contributed by atoms with van der Waals surface area (Å²) in [6.45, 7) is -0.195. The van der Waals surface area contributed by atoms with E-state index in [0.717, 1.165) is 0 Å². The number of thiocyanates is 1. The number of aliphatic hydroxyl groups excluding tert-OH is 1. The normalized spacial score (nSPS) is 9.89. The molecular formula is C16H14Cl2CuN3O4S. The number of nitriles is 1. The molecule has 0 aliphatic rings. The van der Waals surface area contributed by atoms with Gasteiger partial charge in [0.15, 0.2) is 6.61 Å². The number of para-hydroxylation sites is 1. The Morgan fingerprint density at radius 2 is 1.89 bits per heavy atom. The van der Waals surface area contributed by atoms with Crippen LogP contribution >= 0.6 is 23.2 Å². The molecule has 148 valence electrons. The van der Waals surface area contributed by atoms with Crippen LogP contribution in [0.2, 0.25) is 10.0 Å². The summed E-state index contributed by atoms with van der Waals surface area (Å²) in [4.78, 5) is 0. The molecule has 7 nitrogen and oxygen atoms in total. The van der Waals surface area contributed by atoms with Gasteiger partial charge >= 0.3 is 17.1 Å². The van der Waals surface area contributed by atoms with Crippen molar-refractivity contribution in [3.63, 3.8) is 0 Å². The average molecular weight is 479 g/mol. The number of aliphatic hydroxyl groups is 1. The predicted molar refractivity (Wildman–Crippen MR) is 104 cm³/mol. The molecule has 0 unspecified atom stereocenters. The maximum absolute atomic E-state index is 9.58. The van der Waals surface area contributed by atoms with E-state index < -0.39 is 0 Å². The van der Waals surface area contributed by atoms with Crippen molar-refractivity contribution in [1.82, 2.24) is 0 Å². The number of hydrogen-bond donors (Lipinski definition) is 2. The first-order valence-corrected chi connectivity index (χ1v) is 7.80. The molecule has 2 rings (SSSR count). The summed E-state index contributed by atoms with van der Waals surface area (Å²) in [5.74, 6) is 0.111. The molecule has 2 aromatic rings. The predicted octanol–water partition coefficient (Wildman–Crippen LogP) is 3.26. The molecule has 0 radical (unpaired) electrons. The Balaban J connectivity index is 0. The molecule has 0 heterocycles. The van der Waals surface area contributed by atoms with E-state index in [4.69, 9.17) is 33.2 Å². The fraction of sp³-hybridized carbons (Fsp3) is 0.0625. The zero-order chi connectivity index (χ0) is 18.7. The standard InChI is InChI=1S/C15H12Cl2N2O3.CHNS.Cu.H2O/c16-11-5-6-14(12(17)7-11)22-9-15(21)19-18-8-10-3-1-2-4-13(10)20;2-1-3;;/h1-8,20H,9H2,(H,19,21);3H;;1H2/q;;+1;/p-1/b18-8+;;;. The van der Waals surface area contributed by atoms with Gasteiger partial charge in [-0.2, -0.15) is 5.10 Å². The number of aromatic hydroxyl groups is 1. The van der Waals surface area contributed by atoms with Crippen molar-refractivity contribution < 1.29 is 37.5 Å². The molecule has 0 spiro atoms. The molecule has 0 aliphatic heterocycles. The Kier molecular flexibility index (Phi) is 15.1. The van der Waals surface area contributed by atoms with E-state index in [0.29, 0.717) is 21.4 Å². The second kappa shape index (κ2) is 15.1. The van der Waals surface area contributed by atoms with Crippen LogP contribution in [0.1, 0.15) is 5.56 Å². The third-order valence-electron chi connectivity index (χ3n) is 2.56. The zero-order valence-corrected chi connectivity index (χ0v) is 16.7. The van der Waals surface area contributed by atoms with Crippen LogP contribution in [0.3, 0.4) is 0 Å². The van der Waals surface area contributed by atoms with Crippen LogP contribution in [-0.4, -0.2) is 34.4 Å². The average Bonchev–Trinajstić information content (AvgIpc) is 2.56. The van der Waals surface area contributed by atoms with Gasteiger partial charge in [-0.15, -0.1) is 5.10 Å². The molecule has 0 atom stereocenters. The number of phenols is 1. The third-order valence-corrected chi connectivity index (χ3v) is 3.09.